The van der Waals surface area contributed by atoms with E-state index < -0.39 is 0 Å². The number of hydrogen-bond donors (Lipinski definition) is 1. The summed E-state index contributed by atoms with van der Waals surface area (Å²) in [6, 6.07) is 13.2. The minimum absolute atomic E-state index is 0.454. The highest BCUT2D eigenvalue weighted by atomic mass is 16.3. The van der Waals surface area contributed by atoms with Gasteiger partial charge in [-0.15, -0.1) is 0 Å². The maximum atomic E-state index is 10.5. The Morgan fingerprint density at radius 3 is 2.52 bits per heavy atom. The highest BCUT2D eigenvalue weighted by Crippen LogP contribution is 2.58. The Morgan fingerprint density at radius 1 is 1.04 bits per heavy atom. The number of aryl methyl sites for hydroxylation is 1. The molecular weight excluding hydrogens is 280 g/mol. The van der Waals surface area contributed by atoms with Gasteiger partial charge in [0.05, 0.1) is 0 Å². The molecule has 2 aromatic rings. The minimum Gasteiger partial charge on any atom is -0.507 e. The molecule has 1 fully saturated rings. The van der Waals surface area contributed by atoms with Crippen LogP contribution in [0, 0.1) is 25.7 Å². The predicted molar refractivity (Wildman–Crippen MR) is 95.1 cm³/mol. The lowest BCUT2D eigenvalue weighted by atomic mass is 9.71. The van der Waals surface area contributed by atoms with Crippen LogP contribution in [-0.2, 0) is 0 Å². The highest BCUT2D eigenvalue weighted by molar-refractivity contribution is 5.57. The first-order valence-electron chi connectivity index (χ1n) is 8.95. The smallest absolute Gasteiger partial charge is 0.121 e. The van der Waals surface area contributed by atoms with Gasteiger partial charge in [0, 0.05) is 5.92 Å². The van der Waals surface area contributed by atoms with Crippen molar-refractivity contribution in [2.45, 2.75) is 51.9 Å². The van der Waals surface area contributed by atoms with E-state index in [0.717, 1.165) is 17.0 Å². The Kier molecular flexibility index (Phi) is 3.48. The molecule has 1 heteroatoms. The third-order valence-electron chi connectivity index (χ3n) is 6.28. The molecule has 2 aliphatic carbocycles. The Hall–Kier alpha value is -1.76. The fraction of sp³-hybridized carbons (Fsp3) is 0.455. The van der Waals surface area contributed by atoms with E-state index >= 15 is 0 Å². The van der Waals surface area contributed by atoms with Crippen molar-refractivity contribution in [3.8, 4) is 5.75 Å². The van der Waals surface area contributed by atoms with Crippen molar-refractivity contribution in [3.63, 3.8) is 0 Å². The van der Waals surface area contributed by atoms with Gasteiger partial charge in [-0.3, -0.25) is 0 Å². The molecule has 4 rings (SSSR count). The van der Waals surface area contributed by atoms with Crippen molar-refractivity contribution in [2.24, 2.45) is 11.8 Å². The molecule has 120 valence electrons. The first-order chi connectivity index (χ1) is 11.1. The molecule has 2 aliphatic rings. The fourth-order valence-electron chi connectivity index (χ4n) is 5.19. The highest BCUT2D eigenvalue weighted by Gasteiger charge is 2.45. The number of phenolic OH excluding ortho intramolecular Hbond substituents is 1. The lowest BCUT2D eigenvalue weighted by molar-refractivity contribution is 0.250. The van der Waals surface area contributed by atoms with E-state index in [1.54, 1.807) is 0 Å². The Bertz CT molecular complexity index is 731. The maximum Gasteiger partial charge on any atom is 0.121 e. The van der Waals surface area contributed by atoms with Crippen molar-refractivity contribution in [3.05, 3.63) is 64.2 Å². The monoisotopic (exact) mass is 306 g/mol. The summed E-state index contributed by atoms with van der Waals surface area (Å²) in [6.45, 7) is 6.55. The molecule has 23 heavy (non-hydrogen) atoms. The van der Waals surface area contributed by atoms with Crippen LogP contribution in [0.5, 0.6) is 5.75 Å². The van der Waals surface area contributed by atoms with Gasteiger partial charge in [-0.2, -0.15) is 0 Å². The average molecular weight is 306 g/mol. The number of aromatic hydroxyl groups is 1. The van der Waals surface area contributed by atoms with Crippen LogP contribution >= 0.6 is 0 Å². The van der Waals surface area contributed by atoms with Crippen LogP contribution in [0.15, 0.2) is 36.4 Å². The van der Waals surface area contributed by atoms with Crippen LogP contribution in [-0.4, -0.2) is 5.11 Å². The van der Waals surface area contributed by atoms with Crippen molar-refractivity contribution < 1.29 is 5.11 Å². The lowest BCUT2D eigenvalue weighted by Crippen LogP contribution is -2.21. The number of phenols is 1. The molecule has 0 bridgehead atoms. The van der Waals surface area contributed by atoms with Gasteiger partial charge in [-0.25, -0.2) is 0 Å². The summed E-state index contributed by atoms with van der Waals surface area (Å²) in [5.74, 6) is 3.13. The summed E-state index contributed by atoms with van der Waals surface area (Å²) in [5, 5.41) is 10.5. The number of hydrogen-bond acceptors (Lipinski definition) is 1. The fourth-order valence-corrected chi connectivity index (χ4v) is 5.19. The Morgan fingerprint density at radius 2 is 1.78 bits per heavy atom. The van der Waals surface area contributed by atoms with Crippen LogP contribution in [0.2, 0.25) is 0 Å². The Labute approximate surface area is 139 Å². The standard InChI is InChI=1S/C22H26O/c1-13-9-10-17-18(11-13)19-12-14(2)22(23)15(3)20(19)21(17)16-7-5-4-6-8-16/h4-8,12-13,17-18,21,23H,9-11H2,1-3H3/t13-,17-,18-,21+/m0/s1. The zero-order valence-corrected chi connectivity index (χ0v) is 14.3. The van der Waals surface area contributed by atoms with Crippen molar-refractivity contribution in [2.75, 3.05) is 0 Å². The zero-order valence-electron chi connectivity index (χ0n) is 14.3. The first kappa shape index (κ1) is 14.8. The second-order valence-corrected chi connectivity index (χ2v) is 7.75. The summed E-state index contributed by atoms with van der Waals surface area (Å²) in [6.07, 6.45) is 3.94. The normalized spacial score (nSPS) is 29.2. The topological polar surface area (TPSA) is 20.2 Å². The Balaban J connectivity index is 1.93. The molecule has 0 aromatic heterocycles. The first-order valence-corrected chi connectivity index (χ1v) is 8.95. The van der Waals surface area contributed by atoms with Crippen molar-refractivity contribution >= 4 is 0 Å². The van der Waals surface area contributed by atoms with E-state index in [0.29, 0.717) is 23.5 Å². The molecule has 1 saturated carbocycles. The second kappa shape index (κ2) is 5.40. The van der Waals surface area contributed by atoms with Gasteiger partial charge in [0.15, 0.2) is 0 Å². The molecule has 1 N–H and O–H groups in total. The number of fused-ring (bicyclic) bond motifs is 3. The number of benzene rings is 2. The van der Waals surface area contributed by atoms with Gasteiger partial charge in [-0.05, 0) is 72.3 Å². The van der Waals surface area contributed by atoms with Crippen LogP contribution in [0.25, 0.3) is 0 Å². The van der Waals surface area contributed by atoms with E-state index in [-0.39, 0.29) is 0 Å². The molecule has 2 aromatic carbocycles. The maximum absolute atomic E-state index is 10.5. The van der Waals surface area contributed by atoms with Gasteiger partial charge in [-0.1, -0.05) is 49.7 Å². The van der Waals surface area contributed by atoms with Crippen LogP contribution in [0.1, 0.15) is 65.8 Å². The predicted octanol–water partition coefficient (Wildman–Crippen LogP) is 5.67. The van der Waals surface area contributed by atoms with E-state index in [1.165, 1.54) is 36.0 Å². The molecule has 0 spiro atoms. The van der Waals surface area contributed by atoms with Crippen molar-refractivity contribution in [1.29, 1.82) is 0 Å². The largest absolute Gasteiger partial charge is 0.507 e. The van der Waals surface area contributed by atoms with Crippen molar-refractivity contribution in [1.82, 2.24) is 0 Å². The lowest BCUT2D eigenvalue weighted by Gasteiger charge is -2.33. The van der Waals surface area contributed by atoms with E-state index in [1.807, 2.05) is 6.92 Å². The molecule has 0 amide bonds. The molecule has 1 nitrogen and oxygen atoms in total. The van der Waals surface area contributed by atoms with Crippen LogP contribution < -0.4 is 0 Å². The summed E-state index contributed by atoms with van der Waals surface area (Å²) in [4.78, 5) is 0. The van der Waals surface area contributed by atoms with Gasteiger partial charge < -0.3 is 5.11 Å². The number of rotatable bonds is 1. The molecule has 4 atom stereocenters. The average Bonchev–Trinajstić information content (AvgIpc) is 2.87. The minimum atomic E-state index is 0.454. The molecule has 0 heterocycles. The third-order valence-corrected chi connectivity index (χ3v) is 6.28. The van der Waals surface area contributed by atoms with Gasteiger partial charge >= 0.3 is 0 Å². The van der Waals surface area contributed by atoms with Gasteiger partial charge in [0.1, 0.15) is 5.75 Å². The van der Waals surface area contributed by atoms with Crippen LogP contribution in [0.3, 0.4) is 0 Å². The van der Waals surface area contributed by atoms with Gasteiger partial charge in [0.2, 0.25) is 0 Å². The summed E-state index contributed by atoms with van der Waals surface area (Å²) < 4.78 is 0. The zero-order chi connectivity index (χ0) is 16.1. The quantitative estimate of drug-likeness (QED) is 0.719. The van der Waals surface area contributed by atoms with Crippen LogP contribution in [0.4, 0.5) is 0 Å². The van der Waals surface area contributed by atoms with E-state index in [9.17, 15) is 5.11 Å². The summed E-state index contributed by atoms with van der Waals surface area (Å²) in [5.41, 5.74) is 6.50. The van der Waals surface area contributed by atoms with E-state index in [4.69, 9.17) is 0 Å². The summed E-state index contributed by atoms with van der Waals surface area (Å²) >= 11 is 0. The summed E-state index contributed by atoms with van der Waals surface area (Å²) in [7, 11) is 0. The molecule has 0 saturated heterocycles. The molecule has 0 unspecified atom stereocenters. The third kappa shape index (κ3) is 2.21. The second-order valence-electron chi connectivity index (χ2n) is 7.75. The SMILES string of the molecule is Cc1cc2c(c(C)c1O)[C@H](c1ccccc1)[C@H]1CC[C@H](C)C[C@H]21. The van der Waals surface area contributed by atoms with Gasteiger partial charge in [0.25, 0.3) is 0 Å². The molecule has 0 radical (unpaired) electrons. The van der Waals surface area contributed by atoms with E-state index in [2.05, 4.69) is 50.2 Å². The molecule has 0 aliphatic heterocycles. The molecular formula is C22H26O.